The molecule has 0 aromatic heterocycles. The predicted octanol–water partition coefficient (Wildman–Crippen LogP) is 3.39. The highest BCUT2D eigenvalue weighted by Gasteiger charge is 2.35. The molecule has 8 nitrogen and oxygen atoms in total. The molecule has 0 bridgehead atoms. The summed E-state index contributed by atoms with van der Waals surface area (Å²) >= 11 is 5.92. The fraction of sp³-hybridized carbons (Fsp3) is 0.462. The van der Waals surface area contributed by atoms with Crippen molar-refractivity contribution in [2.75, 3.05) is 43.0 Å². The third-order valence-electron chi connectivity index (χ3n) is 6.61. The van der Waals surface area contributed by atoms with Crippen LogP contribution in [0.5, 0.6) is 5.75 Å². The van der Waals surface area contributed by atoms with Crippen LogP contribution in [0.3, 0.4) is 0 Å². The predicted molar refractivity (Wildman–Crippen MR) is 138 cm³/mol. The van der Waals surface area contributed by atoms with Crippen molar-refractivity contribution in [3.8, 4) is 5.75 Å². The summed E-state index contributed by atoms with van der Waals surface area (Å²) in [6.07, 6.45) is -1.79. The molecule has 200 valence electrons. The third kappa shape index (κ3) is 7.09. The number of halogens is 3. The number of nitrogens with one attached hydrogen (secondary N) is 2. The number of carbonyl (C=O) groups is 2. The molecule has 2 heterocycles. The summed E-state index contributed by atoms with van der Waals surface area (Å²) in [5, 5.41) is 17.6. The van der Waals surface area contributed by atoms with E-state index in [0.29, 0.717) is 48.1 Å². The molecule has 2 aromatic carbocycles. The van der Waals surface area contributed by atoms with Crippen molar-refractivity contribution in [1.82, 2.24) is 10.2 Å². The van der Waals surface area contributed by atoms with Crippen molar-refractivity contribution in [2.24, 2.45) is 0 Å². The summed E-state index contributed by atoms with van der Waals surface area (Å²) < 4.78 is 30.4. The second kappa shape index (κ2) is 12.1. The Bertz CT molecular complexity index is 1100. The number of aliphatic hydroxyl groups is 1. The quantitative estimate of drug-likeness (QED) is 0.479. The molecule has 2 fully saturated rings. The van der Waals surface area contributed by atoms with Gasteiger partial charge in [0, 0.05) is 55.8 Å². The van der Waals surface area contributed by atoms with Gasteiger partial charge in [-0.15, -0.1) is 0 Å². The van der Waals surface area contributed by atoms with Gasteiger partial charge < -0.3 is 30.3 Å². The molecule has 37 heavy (non-hydrogen) atoms. The number of aliphatic hydroxyl groups excluding tert-OH is 1. The van der Waals surface area contributed by atoms with Gasteiger partial charge in [0.2, 0.25) is 5.91 Å². The van der Waals surface area contributed by atoms with Crippen LogP contribution in [0.4, 0.5) is 20.2 Å². The van der Waals surface area contributed by atoms with Gasteiger partial charge >= 0.3 is 0 Å². The van der Waals surface area contributed by atoms with Crippen LogP contribution < -0.4 is 20.3 Å². The third-order valence-corrected chi connectivity index (χ3v) is 6.86. The van der Waals surface area contributed by atoms with E-state index < -0.39 is 19.1 Å². The van der Waals surface area contributed by atoms with E-state index >= 15 is 0 Å². The van der Waals surface area contributed by atoms with E-state index in [1.807, 2.05) is 9.80 Å². The van der Waals surface area contributed by atoms with E-state index in [-0.39, 0.29) is 29.6 Å². The number of piperidine rings is 1. The number of likely N-dealkylation sites (tertiary alicyclic amines) is 1. The molecule has 0 spiro atoms. The van der Waals surface area contributed by atoms with Crippen molar-refractivity contribution >= 4 is 34.8 Å². The minimum absolute atomic E-state index is 0.0263. The van der Waals surface area contributed by atoms with Crippen LogP contribution >= 0.6 is 11.6 Å². The number of carbonyl (C=O) groups excluding carboxylic acids is 2. The number of β-amino-alcohol motifs (C(OH)–C–C–N with tert-alkyl or cyclic N) is 1. The number of nitrogens with zero attached hydrogens (tertiary/aromatic N) is 2. The van der Waals surface area contributed by atoms with E-state index in [9.17, 15) is 23.5 Å². The van der Waals surface area contributed by atoms with Crippen molar-refractivity contribution in [2.45, 2.75) is 44.4 Å². The number of alkyl halides is 2. The average molecular weight is 537 g/mol. The number of rotatable bonds is 8. The molecular formula is C26H31ClF2N4O4. The molecule has 3 N–H and O–H groups in total. The highest BCUT2D eigenvalue weighted by Crippen LogP contribution is 2.33. The molecule has 11 heteroatoms. The van der Waals surface area contributed by atoms with Gasteiger partial charge in [-0.25, -0.2) is 8.78 Å². The lowest BCUT2D eigenvalue weighted by Gasteiger charge is -2.34. The fourth-order valence-corrected chi connectivity index (χ4v) is 4.92. The average Bonchev–Trinajstić information content (AvgIpc) is 3.23. The second-order valence-corrected chi connectivity index (χ2v) is 9.82. The van der Waals surface area contributed by atoms with Gasteiger partial charge in [-0.1, -0.05) is 11.6 Å². The van der Waals surface area contributed by atoms with E-state index in [0.717, 1.165) is 12.8 Å². The van der Waals surface area contributed by atoms with E-state index in [4.69, 9.17) is 16.3 Å². The molecule has 1 unspecified atom stereocenters. The smallest absolute Gasteiger partial charge is 0.272 e. The first-order chi connectivity index (χ1) is 17.7. The molecule has 4 rings (SSSR count). The van der Waals surface area contributed by atoms with Crippen LogP contribution in [0.15, 0.2) is 42.5 Å². The SMILES string of the molecule is CC(=O)Nc1ccc(OCC(F)F)cc1N1CC(NC2CCN(C(=O)c3ccc(Cl)cc3)CC2)[C@H](O)C1. The topological polar surface area (TPSA) is 94.1 Å². The van der Waals surface area contributed by atoms with Crippen molar-refractivity contribution in [3.05, 3.63) is 53.1 Å². The fourth-order valence-electron chi connectivity index (χ4n) is 4.79. The zero-order chi connectivity index (χ0) is 26.5. The Kier molecular flexibility index (Phi) is 8.83. The second-order valence-electron chi connectivity index (χ2n) is 9.38. The minimum Gasteiger partial charge on any atom is -0.488 e. The molecule has 2 saturated heterocycles. The highest BCUT2D eigenvalue weighted by molar-refractivity contribution is 6.30. The lowest BCUT2D eigenvalue weighted by Crippen LogP contribution is -2.50. The molecule has 0 radical (unpaired) electrons. The maximum atomic E-state index is 12.8. The number of ether oxygens (including phenoxy) is 1. The van der Waals surface area contributed by atoms with Crippen LogP contribution in [-0.2, 0) is 4.79 Å². The van der Waals surface area contributed by atoms with E-state index in [1.165, 1.54) is 13.0 Å². The number of amides is 2. The van der Waals surface area contributed by atoms with E-state index in [2.05, 4.69) is 10.6 Å². The standard InChI is InChI=1S/C26H31ClF2N4O4/c1-16(34)30-21-7-6-20(37-15-25(28)29)12-23(21)33-13-22(24(35)14-33)31-19-8-10-32(11-9-19)26(36)17-2-4-18(27)5-3-17/h2-7,12,19,22,24-25,31,35H,8-11,13-15H2,1H3,(H,30,34)/t22?,24-/m1/s1. The summed E-state index contributed by atoms with van der Waals surface area (Å²) in [5.41, 5.74) is 1.71. The summed E-state index contributed by atoms with van der Waals surface area (Å²) in [5.74, 6) is -0.0357. The monoisotopic (exact) mass is 536 g/mol. The summed E-state index contributed by atoms with van der Waals surface area (Å²) in [6, 6.07) is 11.5. The van der Waals surface area contributed by atoms with Crippen LogP contribution in [-0.4, -0.2) is 79.2 Å². The van der Waals surface area contributed by atoms with Gasteiger partial charge in [0.15, 0.2) is 0 Å². The Balaban J connectivity index is 1.36. The minimum atomic E-state index is -2.60. The Morgan fingerprint density at radius 1 is 1.14 bits per heavy atom. The molecule has 0 aliphatic carbocycles. The van der Waals surface area contributed by atoms with Gasteiger partial charge in [-0.05, 0) is 49.2 Å². The van der Waals surface area contributed by atoms with Crippen molar-refractivity contribution in [3.63, 3.8) is 0 Å². The highest BCUT2D eigenvalue weighted by atomic mass is 35.5. The Morgan fingerprint density at radius 3 is 2.49 bits per heavy atom. The normalized spacial score (nSPS) is 20.4. The van der Waals surface area contributed by atoms with Gasteiger partial charge in [-0.3, -0.25) is 9.59 Å². The molecule has 2 aliphatic rings. The largest absolute Gasteiger partial charge is 0.488 e. The first kappa shape index (κ1) is 27.1. The summed E-state index contributed by atoms with van der Waals surface area (Å²) in [4.78, 5) is 28.2. The van der Waals surface area contributed by atoms with Crippen LogP contribution in [0.2, 0.25) is 5.02 Å². The zero-order valence-corrected chi connectivity index (χ0v) is 21.3. The Morgan fingerprint density at radius 2 is 1.84 bits per heavy atom. The van der Waals surface area contributed by atoms with Gasteiger partial charge in [0.05, 0.1) is 23.5 Å². The van der Waals surface area contributed by atoms with Gasteiger partial charge in [0.25, 0.3) is 12.3 Å². The molecule has 2 aromatic rings. The number of hydrogen-bond acceptors (Lipinski definition) is 6. The Labute approximate surface area is 219 Å². The number of benzene rings is 2. The number of hydrogen-bond donors (Lipinski definition) is 3. The number of anilines is 2. The van der Waals surface area contributed by atoms with Crippen LogP contribution in [0, 0.1) is 0 Å². The molecule has 2 aliphatic heterocycles. The van der Waals surface area contributed by atoms with Gasteiger partial charge in [-0.2, -0.15) is 0 Å². The van der Waals surface area contributed by atoms with Crippen molar-refractivity contribution < 1.29 is 28.2 Å². The maximum absolute atomic E-state index is 12.8. The summed E-state index contributed by atoms with van der Waals surface area (Å²) in [7, 11) is 0. The zero-order valence-electron chi connectivity index (χ0n) is 20.5. The van der Waals surface area contributed by atoms with Crippen LogP contribution in [0.1, 0.15) is 30.1 Å². The maximum Gasteiger partial charge on any atom is 0.272 e. The van der Waals surface area contributed by atoms with Crippen molar-refractivity contribution in [1.29, 1.82) is 0 Å². The summed E-state index contributed by atoms with van der Waals surface area (Å²) in [6.45, 7) is 2.61. The lowest BCUT2D eigenvalue weighted by atomic mass is 10.0. The lowest BCUT2D eigenvalue weighted by molar-refractivity contribution is -0.114. The first-order valence-corrected chi connectivity index (χ1v) is 12.6. The van der Waals surface area contributed by atoms with Crippen LogP contribution in [0.25, 0.3) is 0 Å². The molecule has 2 amide bonds. The molecular weight excluding hydrogens is 506 g/mol. The Hall–Kier alpha value is -2.95. The van der Waals surface area contributed by atoms with Gasteiger partial charge in [0.1, 0.15) is 12.4 Å². The van der Waals surface area contributed by atoms with E-state index in [1.54, 1.807) is 36.4 Å². The molecule has 0 saturated carbocycles. The first-order valence-electron chi connectivity index (χ1n) is 12.3. The molecule has 2 atom stereocenters.